The lowest BCUT2D eigenvalue weighted by Gasteiger charge is -2.27. The van der Waals surface area contributed by atoms with Gasteiger partial charge >= 0.3 is 0 Å². The number of nitrogens with one attached hydrogen (secondary N) is 1. The average Bonchev–Trinajstić information content (AvgIpc) is 2.73. The van der Waals surface area contributed by atoms with E-state index in [2.05, 4.69) is 28.0 Å². The van der Waals surface area contributed by atoms with Gasteiger partial charge in [-0.3, -0.25) is 0 Å². The van der Waals surface area contributed by atoms with Crippen LogP contribution in [-0.2, 0) is 6.54 Å². The quantitative estimate of drug-likeness (QED) is 0.778. The van der Waals surface area contributed by atoms with Crippen molar-refractivity contribution < 1.29 is 0 Å². The number of fused-ring (bicyclic) bond motifs is 1. The Morgan fingerprint density at radius 2 is 2.12 bits per heavy atom. The van der Waals surface area contributed by atoms with E-state index in [0.717, 1.165) is 19.0 Å². The van der Waals surface area contributed by atoms with E-state index in [1.165, 1.54) is 38.0 Å². The van der Waals surface area contributed by atoms with Crippen LogP contribution >= 0.6 is 0 Å². The second kappa shape index (κ2) is 4.09. The smallest absolute Gasteiger partial charge is 0.203 e. The van der Waals surface area contributed by atoms with Gasteiger partial charge in [0.2, 0.25) is 5.95 Å². The summed E-state index contributed by atoms with van der Waals surface area (Å²) in [6.45, 7) is 4.62. The van der Waals surface area contributed by atoms with E-state index in [1.54, 1.807) is 0 Å². The number of piperidine rings is 1. The second-order valence-electron chi connectivity index (χ2n) is 5.04. The van der Waals surface area contributed by atoms with Crippen molar-refractivity contribution in [1.29, 1.82) is 0 Å². The molecular weight excluding hydrogens is 200 g/mol. The van der Waals surface area contributed by atoms with Gasteiger partial charge in [-0.05, 0) is 39.4 Å². The molecule has 1 fully saturated rings. The Morgan fingerprint density at radius 1 is 1.31 bits per heavy atom. The summed E-state index contributed by atoms with van der Waals surface area (Å²) < 4.78 is 2.27. The van der Waals surface area contributed by atoms with E-state index in [0.29, 0.717) is 5.92 Å². The molecule has 0 saturated carbocycles. The van der Waals surface area contributed by atoms with Crippen molar-refractivity contribution in [2.45, 2.75) is 31.7 Å². The van der Waals surface area contributed by atoms with Crippen molar-refractivity contribution in [3.63, 3.8) is 0 Å². The fourth-order valence-corrected chi connectivity index (χ4v) is 2.70. The number of anilines is 1. The molecule has 0 aromatic carbocycles. The third-order valence-electron chi connectivity index (χ3n) is 3.79. The number of hydrogen-bond donors (Lipinski definition) is 1. The highest BCUT2D eigenvalue weighted by Crippen LogP contribution is 2.28. The lowest BCUT2D eigenvalue weighted by atomic mass is 9.94. The lowest BCUT2D eigenvalue weighted by molar-refractivity contribution is 0.253. The summed E-state index contributed by atoms with van der Waals surface area (Å²) in [7, 11) is 2.20. The maximum absolute atomic E-state index is 4.73. The maximum Gasteiger partial charge on any atom is 0.203 e. The fourth-order valence-electron chi connectivity index (χ4n) is 2.70. The molecule has 1 N–H and O–H groups in total. The van der Waals surface area contributed by atoms with Crippen LogP contribution in [0.15, 0.2) is 6.20 Å². The first-order valence-electron chi connectivity index (χ1n) is 6.32. The zero-order valence-electron chi connectivity index (χ0n) is 9.95. The lowest BCUT2D eigenvalue weighted by Crippen LogP contribution is -2.29. The van der Waals surface area contributed by atoms with E-state index in [-0.39, 0.29) is 0 Å². The van der Waals surface area contributed by atoms with Crippen LogP contribution in [0.25, 0.3) is 0 Å². The molecule has 4 nitrogen and oxygen atoms in total. The summed E-state index contributed by atoms with van der Waals surface area (Å²) in [5.41, 5.74) is 1.30. The summed E-state index contributed by atoms with van der Waals surface area (Å²) in [4.78, 5) is 7.14. The Labute approximate surface area is 96.7 Å². The first-order chi connectivity index (χ1) is 7.83. The molecule has 88 valence electrons. The van der Waals surface area contributed by atoms with E-state index < -0.39 is 0 Å². The van der Waals surface area contributed by atoms with Crippen LogP contribution in [0.3, 0.4) is 0 Å². The highest BCUT2D eigenvalue weighted by Gasteiger charge is 2.22. The average molecular weight is 220 g/mol. The summed E-state index contributed by atoms with van der Waals surface area (Å²) in [6, 6.07) is 0. The molecule has 1 aromatic rings. The molecule has 2 aliphatic heterocycles. The summed E-state index contributed by atoms with van der Waals surface area (Å²) in [5.74, 6) is 1.76. The van der Waals surface area contributed by atoms with Gasteiger partial charge in [-0.25, -0.2) is 4.98 Å². The van der Waals surface area contributed by atoms with Gasteiger partial charge in [0, 0.05) is 25.2 Å². The Hall–Kier alpha value is -1.03. The van der Waals surface area contributed by atoms with Gasteiger partial charge in [-0.2, -0.15) is 0 Å². The van der Waals surface area contributed by atoms with E-state index in [9.17, 15) is 0 Å². The minimum Gasteiger partial charge on any atom is -0.356 e. The monoisotopic (exact) mass is 220 g/mol. The molecular formula is C12H20N4. The largest absolute Gasteiger partial charge is 0.356 e. The van der Waals surface area contributed by atoms with Gasteiger partial charge in [0.25, 0.3) is 0 Å². The van der Waals surface area contributed by atoms with Gasteiger partial charge in [0.15, 0.2) is 0 Å². The van der Waals surface area contributed by atoms with Gasteiger partial charge in [-0.1, -0.05) is 0 Å². The molecule has 3 rings (SSSR count). The van der Waals surface area contributed by atoms with Gasteiger partial charge in [0.1, 0.15) is 0 Å². The number of aryl methyl sites for hydroxylation is 1. The van der Waals surface area contributed by atoms with Crippen molar-refractivity contribution in [3.8, 4) is 0 Å². The molecule has 16 heavy (non-hydrogen) atoms. The second-order valence-corrected chi connectivity index (χ2v) is 5.04. The third kappa shape index (κ3) is 1.82. The minimum atomic E-state index is 0.677. The van der Waals surface area contributed by atoms with Crippen LogP contribution in [0.2, 0.25) is 0 Å². The number of aromatic nitrogens is 2. The number of rotatable bonds is 1. The molecule has 0 atom stereocenters. The van der Waals surface area contributed by atoms with Gasteiger partial charge in [-0.15, -0.1) is 0 Å². The van der Waals surface area contributed by atoms with Gasteiger partial charge < -0.3 is 14.8 Å². The predicted molar refractivity (Wildman–Crippen MR) is 64.8 cm³/mol. The molecule has 2 aliphatic rings. The Bertz CT molecular complexity index is 340. The normalized spacial score (nSPS) is 22.8. The van der Waals surface area contributed by atoms with Crippen LogP contribution in [0, 0.1) is 0 Å². The molecule has 0 bridgehead atoms. The topological polar surface area (TPSA) is 33.1 Å². The molecule has 0 radical (unpaired) electrons. The zero-order chi connectivity index (χ0) is 11.0. The van der Waals surface area contributed by atoms with E-state index in [4.69, 9.17) is 4.98 Å². The van der Waals surface area contributed by atoms with Crippen LogP contribution in [-0.4, -0.2) is 41.1 Å². The Kier molecular flexibility index (Phi) is 2.59. The summed E-state index contributed by atoms with van der Waals surface area (Å²) in [5, 5.41) is 3.37. The maximum atomic E-state index is 4.73. The molecule has 3 heterocycles. The molecule has 4 heteroatoms. The van der Waals surface area contributed by atoms with Crippen molar-refractivity contribution in [2.75, 3.05) is 32.0 Å². The zero-order valence-corrected chi connectivity index (χ0v) is 9.95. The van der Waals surface area contributed by atoms with Crippen molar-refractivity contribution in [3.05, 3.63) is 11.9 Å². The molecule has 0 spiro atoms. The van der Waals surface area contributed by atoms with Crippen molar-refractivity contribution in [1.82, 2.24) is 14.5 Å². The first-order valence-corrected chi connectivity index (χ1v) is 6.32. The number of imidazole rings is 1. The van der Waals surface area contributed by atoms with Crippen LogP contribution < -0.4 is 5.32 Å². The summed E-state index contributed by atoms with van der Waals surface area (Å²) in [6.07, 6.45) is 5.99. The summed E-state index contributed by atoms with van der Waals surface area (Å²) >= 11 is 0. The Morgan fingerprint density at radius 3 is 2.88 bits per heavy atom. The SMILES string of the molecule is CN1CCC(c2cn3c(n2)NCCC3)CC1. The van der Waals surface area contributed by atoms with Gasteiger partial charge in [0.05, 0.1) is 5.69 Å². The van der Waals surface area contributed by atoms with E-state index in [1.807, 2.05) is 0 Å². The van der Waals surface area contributed by atoms with E-state index >= 15 is 0 Å². The molecule has 0 amide bonds. The molecule has 1 saturated heterocycles. The number of likely N-dealkylation sites (tertiary alicyclic amines) is 1. The molecule has 1 aromatic heterocycles. The number of hydrogen-bond acceptors (Lipinski definition) is 3. The highest BCUT2D eigenvalue weighted by molar-refractivity contribution is 5.31. The van der Waals surface area contributed by atoms with Crippen LogP contribution in [0.4, 0.5) is 5.95 Å². The Balaban J connectivity index is 1.76. The highest BCUT2D eigenvalue weighted by atomic mass is 15.2. The van der Waals surface area contributed by atoms with Crippen molar-refractivity contribution >= 4 is 5.95 Å². The van der Waals surface area contributed by atoms with Crippen LogP contribution in [0.5, 0.6) is 0 Å². The molecule has 0 unspecified atom stereocenters. The predicted octanol–water partition coefficient (Wildman–Crippen LogP) is 1.51. The minimum absolute atomic E-state index is 0.677. The standard InChI is InChI=1S/C12H20N4/c1-15-7-3-10(4-8-15)11-9-16-6-2-5-13-12(16)14-11/h9-10H,2-8H2,1H3,(H,13,14). The van der Waals surface area contributed by atoms with Crippen LogP contribution in [0.1, 0.15) is 30.9 Å². The number of nitrogens with zero attached hydrogens (tertiary/aromatic N) is 3. The van der Waals surface area contributed by atoms with Crippen molar-refractivity contribution in [2.24, 2.45) is 0 Å². The first kappa shape index (κ1) is 10.1. The fraction of sp³-hybridized carbons (Fsp3) is 0.750. The molecule has 0 aliphatic carbocycles. The third-order valence-corrected chi connectivity index (χ3v) is 3.79.